The van der Waals surface area contributed by atoms with Crippen molar-refractivity contribution in [1.82, 2.24) is 10.2 Å². The Balaban J connectivity index is 1.25. The van der Waals surface area contributed by atoms with Crippen molar-refractivity contribution in [3.05, 3.63) is 29.8 Å². The maximum Gasteiger partial charge on any atom is 0.262 e. The number of nitrogens with one attached hydrogen (secondary N) is 2. The van der Waals surface area contributed by atoms with Gasteiger partial charge in [-0.25, -0.2) is 0 Å². The first kappa shape index (κ1) is 22.8. The molecule has 1 saturated carbocycles. The second-order valence-corrected chi connectivity index (χ2v) is 10.0. The lowest BCUT2D eigenvalue weighted by molar-refractivity contribution is -0.121. The van der Waals surface area contributed by atoms with Crippen molar-refractivity contribution in [2.45, 2.75) is 75.5 Å². The number of thioether (sulfide) groups is 1. The number of nitrogens with zero attached hydrogens (tertiary/aromatic N) is 2. The minimum Gasteiger partial charge on any atom is -0.351 e. The molecular formula is C24H32N4O3S. The van der Waals surface area contributed by atoms with Crippen LogP contribution in [0.2, 0.25) is 0 Å². The zero-order valence-corrected chi connectivity index (χ0v) is 19.3. The molecule has 2 fully saturated rings. The molecule has 2 heterocycles. The van der Waals surface area contributed by atoms with Crippen molar-refractivity contribution in [2.24, 2.45) is 4.99 Å². The van der Waals surface area contributed by atoms with Crippen LogP contribution in [0.25, 0.3) is 0 Å². The Hall–Kier alpha value is -2.35. The smallest absolute Gasteiger partial charge is 0.262 e. The zero-order valence-electron chi connectivity index (χ0n) is 18.5. The first-order chi connectivity index (χ1) is 15.6. The van der Waals surface area contributed by atoms with E-state index in [9.17, 15) is 14.4 Å². The summed E-state index contributed by atoms with van der Waals surface area (Å²) >= 11 is 1.40. The second-order valence-electron chi connectivity index (χ2n) is 8.88. The first-order valence-corrected chi connectivity index (χ1v) is 12.7. The number of likely N-dealkylation sites (tertiary alicyclic amines) is 1. The summed E-state index contributed by atoms with van der Waals surface area (Å²) in [6, 6.07) is 7.18. The summed E-state index contributed by atoms with van der Waals surface area (Å²) in [6.45, 7) is 1.86. The molecule has 1 aliphatic carbocycles. The van der Waals surface area contributed by atoms with Crippen LogP contribution in [0.15, 0.2) is 29.3 Å². The van der Waals surface area contributed by atoms with Gasteiger partial charge in [-0.15, -0.1) is 0 Å². The fraction of sp³-hybridized carbons (Fsp3) is 0.583. The topological polar surface area (TPSA) is 90.9 Å². The number of hydrogen-bond donors (Lipinski definition) is 2. The lowest BCUT2D eigenvalue weighted by Gasteiger charge is -2.27. The maximum atomic E-state index is 12.5. The highest BCUT2D eigenvalue weighted by atomic mass is 32.2. The third-order valence-corrected chi connectivity index (χ3v) is 7.56. The Morgan fingerprint density at radius 2 is 1.62 bits per heavy atom. The van der Waals surface area contributed by atoms with Crippen LogP contribution < -0.4 is 10.6 Å². The van der Waals surface area contributed by atoms with Gasteiger partial charge in [0.1, 0.15) is 5.25 Å². The summed E-state index contributed by atoms with van der Waals surface area (Å²) < 4.78 is 0. The fourth-order valence-corrected chi connectivity index (χ4v) is 5.62. The Bertz CT molecular complexity index is 857. The van der Waals surface area contributed by atoms with Gasteiger partial charge < -0.3 is 15.5 Å². The molecule has 1 aromatic carbocycles. The number of piperidine rings is 1. The van der Waals surface area contributed by atoms with Crippen molar-refractivity contribution in [2.75, 3.05) is 18.4 Å². The molecule has 1 saturated heterocycles. The molecule has 0 spiro atoms. The van der Waals surface area contributed by atoms with Crippen LogP contribution in [-0.4, -0.2) is 52.2 Å². The van der Waals surface area contributed by atoms with Gasteiger partial charge in [-0.05, 0) is 56.4 Å². The average Bonchev–Trinajstić information content (AvgIpc) is 2.99. The molecule has 0 aromatic heterocycles. The summed E-state index contributed by atoms with van der Waals surface area (Å²) in [7, 11) is 0. The molecule has 3 aliphatic rings. The molecule has 0 unspecified atom stereocenters. The van der Waals surface area contributed by atoms with Crippen molar-refractivity contribution in [3.63, 3.8) is 0 Å². The van der Waals surface area contributed by atoms with E-state index in [1.54, 1.807) is 24.3 Å². The van der Waals surface area contributed by atoms with E-state index in [1.165, 1.54) is 43.9 Å². The summed E-state index contributed by atoms with van der Waals surface area (Å²) in [6.07, 6.45) is 10.5. The van der Waals surface area contributed by atoms with Crippen LogP contribution in [0.3, 0.4) is 0 Å². The van der Waals surface area contributed by atoms with E-state index in [1.807, 2.05) is 0 Å². The van der Waals surface area contributed by atoms with Gasteiger partial charge >= 0.3 is 0 Å². The molecule has 8 heteroatoms. The van der Waals surface area contributed by atoms with Crippen LogP contribution in [-0.2, 0) is 9.59 Å². The maximum absolute atomic E-state index is 12.5. The molecule has 3 amide bonds. The van der Waals surface area contributed by atoms with E-state index in [2.05, 4.69) is 20.5 Å². The lowest BCUT2D eigenvalue weighted by Crippen LogP contribution is -2.34. The SMILES string of the molecule is O=C(C[C@@H]1SC(N2CCCCC2)=NC1=O)Nc1ccc(C(=O)NC2CCCCCC2)cc1. The van der Waals surface area contributed by atoms with Crippen molar-refractivity contribution < 1.29 is 14.4 Å². The highest BCUT2D eigenvalue weighted by Gasteiger charge is 2.33. The lowest BCUT2D eigenvalue weighted by atomic mass is 10.1. The number of benzene rings is 1. The van der Waals surface area contributed by atoms with Crippen LogP contribution in [0.5, 0.6) is 0 Å². The normalized spacial score (nSPS) is 22.2. The van der Waals surface area contributed by atoms with Crippen molar-refractivity contribution >= 4 is 40.3 Å². The number of carbonyl (C=O) groups is 3. The van der Waals surface area contributed by atoms with Gasteiger partial charge in [-0.3, -0.25) is 14.4 Å². The van der Waals surface area contributed by atoms with Gasteiger partial charge in [-0.2, -0.15) is 4.99 Å². The van der Waals surface area contributed by atoms with Gasteiger partial charge in [0, 0.05) is 36.8 Å². The summed E-state index contributed by atoms with van der Waals surface area (Å²) in [5.41, 5.74) is 1.21. The predicted octanol–water partition coefficient (Wildman–Crippen LogP) is 3.95. The minimum absolute atomic E-state index is 0.0647. The van der Waals surface area contributed by atoms with Crippen LogP contribution in [0.4, 0.5) is 5.69 Å². The molecule has 7 nitrogen and oxygen atoms in total. The van der Waals surface area contributed by atoms with Gasteiger partial charge in [0.05, 0.1) is 0 Å². The first-order valence-electron chi connectivity index (χ1n) is 11.8. The number of amides is 3. The van der Waals surface area contributed by atoms with Crippen LogP contribution >= 0.6 is 11.8 Å². The molecule has 0 radical (unpaired) electrons. The molecule has 32 heavy (non-hydrogen) atoms. The van der Waals surface area contributed by atoms with Gasteiger partial charge in [0.15, 0.2) is 5.17 Å². The van der Waals surface area contributed by atoms with E-state index < -0.39 is 5.25 Å². The van der Waals surface area contributed by atoms with Crippen molar-refractivity contribution in [1.29, 1.82) is 0 Å². The van der Waals surface area contributed by atoms with Gasteiger partial charge in [0.25, 0.3) is 11.8 Å². The number of carbonyl (C=O) groups excluding carboxylic acids is 3. The number of rotatable bonds is 5. The third-order valence-electron chi connectivity index (χ3n) is 6.35. The van der Waals surface area contributed by atoms with Crippen LogP contribution in [0, 0.1) is 0 Å². The Morgan fingerprint density at radius 3 is 2.31 bits per heavy atom. The standard InChI is InChI=1S/C24H32N4O3S/c29-21(16-20-23(31)27-24(32-20)28-14-6-3-7-15-28)25-19-12-10-17(11-13-19)22(30)26-18-8-4-1-2-5-9-18/h10-13,18,20H,1-9,14-16H2,(H,25,29)(H,26,30)/t20-/m0/s1. The van der Waals surface area contributed by atoms with E-state index in [0.717, 1.165) is 43.9 Å². The molecule has 2 N–H and O–H groups in total. The van der Waals surface area contributed by atoms with Crippen LogP contribution in [0.1, 0.15) is 74.6 Å². The Labute approximate surface area is 193 Å². The van der Waals surface area contributed by atoms with Gasteiger partial charge in [-0.1, -0.05) is 37.4 Å². The van der Waals surface area contributed by atoms with E-state index in [4.69, 9.17) is 0 Å². The molecule has 1 aromatic rings. The molecule has 0 bridgehead atoms. The molecule has 1 atom stereocenters. The fourth-order valence-electron chi connectivity index (χ4n) is 4.51. The molecule has 2 aliphatic heterocycles. The summed E-state index contributed by atoms with van der Waals surface area (Å²) in [5.74, 6) is -0.511. The second kappa shape index (κ2) is 11.0. The number of aliphatic imine (C=N–C) groups is 1. The van der Waals surface area contributed by atoms with E-state index in [0.29, 0.717) is 11.3 Å². The molecule has 4 rings (SSSR count). The Kier molecular flexibility index (Phi) is 7.84. The molecule has 172 valence electrons. The highest BCUT2D eigenvalue weighted by molar-refractivity contribution is 8.15. The zero-order chi connectivity index (χ0) is 22.3. The summed E-state index contributed by atoms with van der Waals surface area (Å²) in [4.78, 5) is 43.6. The highest BCUT2D eigenvalue weighted by Crippen LogP contribution is 2.29. The largest absolute Gasteiger partial charge is 0.351 e. The summed E-state index contributed by atoms with van der Waals surface area (Å²) in [5, 5.41) is 6.27. The predicted molar refractivity (Wildman–Crippen MR) is 128 cm³/mol. The minimum atomic E-state index is -0.462. The quantitative estimate of drug-likeness (QED) is 0.655. The monoisotopic (exact) mass is 456 g/mol. The van der Waals surface area contributed by atoms with Crippen molar-refractivity contribution in [3.8, 4) is 0 Å². The third kappa shape index (κ3) is 6.12. The number of amidine groups is 1. The number of hydrogen-bond acceptors (Lipinski definition) is 5. The van der Waals surface area contributed by atoms with E-state index in [-0.39, 0.29) is 30.2 Å². The average molecular weight is 457 g/mol. The van der Waals surface area contributed by atoms with E-state index >= 15 is 0 Å². The number of anilines is 1. The van der Waals surface area contributed by atoms with Gasteiger partial charge in [0.2, 0.25) is 5.91 Å². The molecular weight excluding hydrogens is 424 g/mol. The Morgan fingerprint density at radius 1 is 0.969 bits per heavy atom.